The molecule has 1 aliphatic rings. The Morgan fingerprint density at radius 1 is 1.29 bits per heavy atom. The third kappa shape index (κ3) is 3.77. The van der Waals surface area contributed by atoms with Crippen molar-refractivity contribution in [3.8, 4) is 0 Å². The average molecular weight is 292 g/mol. The van der Waals surface area contributed by atoms with Gasteiger partial charge in [0.25, 0.3) is 5.91 Å². The first kappa shape index (κ1) is 15.0. The smallest absolute Gasteiger partial charge is 0.328 e. The van der Waals surface area contributed by atoms with Crippen LogP contribution in [0.4, 0.5) is 14.9 Å². The number of hydrogen-bond donors (Lipinski definition) is 2. The van der Waals surface area contributed by atoms with E-state index >= 15 is 0 Å². The highest BCUT2D eigenvalue weighted by molar-refractivity contribution is 6.03. The number of nitrogens with one attached hydrogen (secondary N) is 2. The summed E-state index contributed by atoms with van der Waals surface area (Å²) in [7, 11) is 0. The summed E-state index contributed by atoms with van der Waals surface area (Å²) in [5, 5.41) is 4.84. The number of likely N-dealkylation sites (tertiary alicyclic amines) is 1. The summed E-state index contributed by atoms with van der Waals surface area (Å²) in [5.74, 6) is -0.875. The maximum Gasteiger partial charge on any atom is 0.328 e. The first-order chi connectivity index (χ1) is 10.1. The topological polar surface area (TPSA) is 78.5 Å². The van der Waals surface area contributed by atoms with E-state index in [0.717, 1.165) is 11.3 Å². The van der Waals surface area contributed by atoms with E-state index in [1.54, 1.807) is 0 Å². The minimum absolute atomic E-state index is 0.281. The van der Waals surface area contributed by atoms with Crippen molar-refractivity contribution in [3.63, 3.8) is 0 Å². The van der Waals surface area contributed by atoms with Crippen LogP contribution in [0.3, 0.4) is 0 Å². The summed E-state index contributed by atoms with van der Waals surface area (Å²) >= 11 is 0. The van der Waals surface area contributed by atoms with E-state index in [1.165, 1.54) is 30.7 Å². The zero-order valence-corrected chi connectivity index (χ0v) is 11.3. The van der Waals surface area contributed by atoms with E-state index in [9.17, 15) is 18.8 Å². The molecule has 0 unspecified atom stereocenters. The van der Waals surface area contributed by atoms with E-state index in [2.05, 4.69) is 10.6 Å². The van der Waals surface area contributed by atoms with Crippen LogP contribution in [0.25, 0.3) is 0 Å². The van der Waals surface area contributed by atoms with Crippen molar-refractivity contribution in [2.24, 2.45) is 0 Å². The van der Waals surface area contributed by atoms with E-state index in [-0.39, 0.29) is 6.54 Å². The molecule has 111 valence electrons. The van der Waals surface area contributed by atoms with Crippen molar-refractivity contribution in [2.45, 2.75) is 25.3 Å². The summed E-state index contributed by atoms with van der Waals surface area (Å²) in [6.45, 7) is 0.281. The fraction of sp³-hybridized carbons (Fsp3) is 0.357. The molecule has 2 rings (SSSR count). The molecule has 0 bridgehead atoms. The number of imide groups is 1. The molecule has 1 aromatic carbocycles. The molecule has 1 radical (unpaired) electrons. The lowest BCUT2D eigenvalue weighted by atomic mass is 10.1. The number of nitrogens with zero attached hydrogens (tertiary/aromatic N) is 1. The van der Waals surface area contributed by atoms with Gasteiger partial charge in [0.15, 0.2) is 0 Å². The average Bonchev–Trinajstić information content (AvgIpc) is 2.65. The zero-order valence-electron chi connectivity index (χ0n) is 11.3. The molecule has 6 nitrogen and oxygen atoms in total. The molecule has 1 fully saturated rings. The van der Waals surface area contributed by atoms with Crippen LogP contribution in [0.1, 0.15) is 19.3 Å². The largest absolute Gasteiger partial charge is 0.336 e. The second kappa shape index (κ2) is 6.83. The lowest BCUT2D eigenvalue weighted by molar-refractivity contribution is -0.129. The molecular formula is C14H15FN3O3. The van der Waals surface area contributed by atoms with E-state index in [1.807, 2.05) is 0 Å². The van der Waals surface area contributed by atoms with Gasteiger partial charge in [0.05, 0.1) is 0 Å². The molecule has 0 aliphatic carbocycles. The van der Waals surface area contributed by atoms with Gasteiger partial charge in [0.1, 0.15) is 11.9 Å². The highest BCUT2D eigenvalue weighted by Crippen LogP contribution is 2.15. The van der Waals surface area contributed by atoms with Gasteiger partial charge in [-0.2, -0.15) is 0 Å². The molecule has 1 aromatic rings. The second-order valence-corrected chi connectivity index (χ2v) is 4.72. The van der Waals surface area contributed by atoms with Gasteiger partial charge in [-0.1, -0.05) is 0 Å². The summed E-state index contributed by atoms with van der Waals surface area (Å²) in [4.78, 5) is 35.8. The molecule has 0 spiro atoms. The van der Waals surface area contributed by atoms with Crippen molar-refractivity contribution in [1.82, 2.24) is 10.2 Å². The molecule has 2 N–H and O–H groups in total. The predicted molar refractivity (Wildman–Crippen MR) is 73.6 cm³/mol. The Kier molecular flexibility index (Phi) is 4.86. The Morgan fingerprint density at radius 2 is 2.00 bits per heavy atom. The van der Waals surface area contributed by atoms with Gasteiger partial charge in [-0.15, -0.1) is 0 Å². The minimum atomic E-state index is -0.732. The molecule has 1 aliphatic heterocycles. The number of carbonyl (C=O) groups is 2. The van der Waals surface area contributed by atoms with Gasteiger partial charge < -0.3 is 10.6 Å². The van der Waals surface area contributed by atoms with E-state index in [0.29, 0.717) is 18.5 Å². The lowest BCUT2D eigenvalue weighted by Crippen LogP contribution is -2.48. The molecule has 1 saturated heterocycles. The molecule has 0 aromatic heterocycles. The van der Waals surface area contributed by atoms with Crippen molar-refractivity contribution >= 4 is 24.0 Å². The van der Waals surface area contributed by atoms with Crippen molar-refractivity contribution in [1.29, 1.82) is 0 Å². The van der Waals surface area contributed by atoms with Crippen LogP contribution >= 0.6 is 0 Å². The highest BCUT2D eigenvalue weighted by Gasteiger charge is 2.30. The predicted octanol–water partition coefficient (Wildman–Crippen LogP) is 1.40. The number of amides is 4. The number of urea groups is 1. The highest BCUT2D eigenvalue weighted by atomic mass is 19.1. The fourth-order valence-electron chi connectivity index (χ4n) is 2.17. The molecule has 1 atom stereocenters. The normalized spacial score (nSPS) is 18.8. The molecular weight excluding hydrogens is 277 g/mol. The van der Waals surface area contributed by atoms with Crippen molar-refractivity contribution < 1.29 is 18.8 Å². The fourth-order valence-corrected chi connectivity index (χ4v) is 2.17. The summed E-state index contributed by atoms with van der Waals surface area (Å²) in [6.07, 6.45) is 3.36. The SMILES string of the molecule is O=[C]N[C@H]1CCCCN(C(=O)Nc2ccc(F)cc2)C1=O. The van der Waals surface area contributed by atoms with Crippen LogP contribution in [0.15, 0.2) is 24.3 Å². The van der Waals surface area contributed by atoms with Crippen LogP contribution in [0.5, 0.6) is 0 Å². The second-order valence-electron chi connectivity index (χ2n) is 4.72. The zero-order chi connectivity index (χ0) is 15.2. The van der Waals surface area contributed by atoms with Crippen molar-refractivity contribution in [2.75, 3.05) is 11.9 Å². The molecule has 21 heavy (non-hydrogen) atoms. The summed E-state index contributed by atoms with van der Waals surface area (Å²) in [5.41, 5.74) is 0.393. The van der Waals surface area contributed by atoms with Gasteiger partial charge in [-0.3, -0.25) is 14.5 Å². The van der Waals surface area contributed by atoms with E-state index in [4.69, 9.17) is 0 Å². The quantitative estimate of drug-likeness (QED) is 0.826. The number of rotatable bonds is 3. The Morgan fingerprint density at radius 3 is 2.67 bits per heavy atom. The van der Waals surface area contributed by atoms with Gasteiger partial charge >= 0.3 is 12.4 Å². The molecule has 7 heteroatoms. The van der Waals surface area contributed by atoms with Crippen LogP contribution < -0.4 is 10.6 Å². The molecule has 4 amide bonds. The standard InChI is InChI=1S/C14H15FN3O3/c15-10-4-6-11(7-5-10)17-14(21)18-8-2-1-3-12(13(18)20)16-9-19/h4-7,12H,1-3,8H2,(H,16,19)(H,17,21)/t12-/m0/s1. The van der Waals surface area contributed by atoms with Crippen LogP contribution in [-0.2, 0) is 9.59 Å². The maximum atomic E-state index is 12.8. The Bertz CT molecular complexity index is 533. The maximum absolute atomic E-state index is 12.8. The Balaban J connectivity index is 2.07. The first-order valence-corrected chi connectivity index (χ1v) is 6.62. The van der Waals surface area contributed by atoms with Crippen LogP contribution in [0, 0.1) is 5.82 Å². The third-order valence-corrected chi connectivity index (χ3v) is 3.26. The monoisotopic (exact) mass is 292 g/mol. The van der Waals surface area contributed by atoms with Crippen LogP contribution in [0.2, 0.25) is 0 Å². The lowest BCUT2D eigenvalue weighted by Gasteiger charge is -2.22. The van der Waals surface area contributed by atoms with E-state index < -0.39 is 23.8 Å². The number of carbonyl (C=O) groups excluding carboxylic acids is 3. The van der Waals surface area contributed by atoms with Gasteiger partial charge in [0, 0.05) is 12.2 Å². The number of benzene rings is 1. The summed E-state index contributed by atoms with van der Waals surface area (Å²) < 4.78 is 12.8. The van der Waals surface area contributed by atoms with Crippen molar-refractivity contribution in [3.05, 3.63) is 30.1 Å². The summed E-state index contributed by atoms with van der Waals surface area (Å²) in [6, 6.07) is 3.92. The third-order valence-electron chi connectivity index (χ3n) is 3.26. The Hall–Kier alpha value is -2.44. The number of anilines is 1. The minimum Gasteiger partial charge on any atom is -0.336 e. The Labute approximate surface area is 121 Å². The van der Waals surface area contributed by atoms with Gasteiger partial charge in [-0.25, -0.2) is 9.18 Å². The van der Waals surface area contributed by atoms with Gasteiger partial charge in [-0.05, 0) is 43.5 Å². The van der Waals surface area contributed by atoms with Crippen LogP contribution in [-0.4, -0.2) is 35.8 Å². The molecule has 1 heterocycles. The van der Waals surface area contributed by atoms with Gasteiger partial charge in [0.2, 0.25) is 0 Å². The molecule has 0 saturated carbocycles. The number of hydrogen-bond acceptors (Lipinski definition) is 3. The number of halogens is 1. The first-order valence-electron chi connectivity index (χ1n) is 6.62.